The second-order valence-electron chi connectivity index (χ2n) is 3.67. The third kappa shape index (κ3) is 4.42. The van der Waals surface area contributed by atoms with E-state index >= 15 is 0 Å². The summed E-state index contributed by atoms with van der Waals surface area (Å²) in [5.74, 6) is -1.31. The second kappa shape index (κ2) is 6.60. The Balaban J connectivity index is 4.15. The van der Waals surface area contributed by atoms with Crippen molar-refractivity contribution in [1.29, 1.82) is 0 Å². The summed E-state index contributed by atoms with van der Waals surface area (Å²) >= 11 is 0. The first-order valence-corrected chi connectivity index (χ1v) is 5.10. The van der Waals surface area contributed by atoms with Crippen molar-refractivity contribution in [3.8, 4) is 0 Å². The number of unbranched alkanes of at least 4 members (excludes halogenated alkanes) is 2. The summed E-state index contributed by atoms with van der Waals surface area (Å²) in [6, 6.07) is 0. The lowest BCUT2D eigenvalue weighted by molar-refractivity contribution is -0.133. The van der Waals surface area contributed by atoms with E-state index in [9.17, 15) is 9.90 Å². The van der Waals surface area contributed by atoms with Crippen LogP contribution in [-0.4, -0.2) is 22.3 Å². The molecule has 0 radical (unpaired) electrons. The highest BCUT2D eigenvalue weighted by molar-refractivity contribution is 5.86. The largest absolute Gasteiger partial charge is 0.478 e. The van der Waals surface area contributed by atoms with Gasteiger partial charge in [-0.1, -0.05) is 32.8 Å². The monoisotopic (exact) mass is 200 g/mol. The van der Waals surface area contributed by atoms with Gasteiger partial charge in [-0.25, -0.2) is 4.79 Å². The van der Waals surface area contributed by atoms with Crippen LogP contribution in [0.1, 0.15) is 39.5 Å². The zero-order valence-corrected chi connectivity index (χ0v) is 8.99. The molecule has 0 aliphatic rings. The van der Waals surface area contributed by atoms with E-state index in [2.05, 4.69) is 13.5 Å². The van der Waals surface area contributed by atoms with Crippen molar-refractivity contribution >= 4 is 5.97 Å². The van der Waals surface area contributed by atoms with E-state index in [1.807, 2.05) is 0 Å². The topological polar surface area (TPSA) is 57.5 Å². The molecule has 0 heterocycles. The summed E-state index contributed by atoms with van der Waals surface area (Å²) in [7, 11) is 0. The highest BCUT2D eigenvalue weighted by Gasteiger charge is 2.22. The van der Waals surface area contributed by atoms with Crippen LogP contribution in [0, 0.1) is 5.92 Å². The number of aliphatic hydroxyl groups excluding tert-OH is 1. The molecule has 3 nitrogen and oxygen atoms in total. The summed E-state index contributed by atoms with van der Waals surface area (Å²) in [6.07, 6.45) is 3.17. The molecule has 0 saturated heterocycles. The van der Waals surface area contributed by atoms with Crippen LogP contribution in [0.3, 0.4) is 0 Å². The first-order chi connectivity index (χ1) is 6.50. The lowest BCUT2D eigenvalue weighted by Crippen LogP contribution is -2.22. The van der Waals surface area contributed by atoms with Crippen LogP contribution in [0.15, 0.2) is 12.2 Å². The van der Waals surface area contributed by atoms with Gasteiger partial charge in [0.1, 0.15) is 0 Å². The molecule has 0 saturated carbocycles. The molecular weight excluding hydrogens is 180 g/mol. The molecule has 82 valence electrons. The minimum atomic E-state index is -1.01. The predicted molar refractivity (Wildman–Crippen MR) is 56.1 cm³/mol. The molecule has 0 aromatic rings. The van der Waals surface area contributed by atoms with E-state index in [4.69, 9.17) is 5.11 Å². The molecular formula is C11H20O3. The minimum absolute atomic E-state index is 0.121. The summed E-state index contributed by atoms with van der Waals surface area (Å²) < 4.78 is 0. The molecule has 2 atom stereocenters. The molecule has 0 aromatic carbocycles. The quantitative estimate of drug-likeness (QED) is 0.489. The highest BCUT2D eigenvalue weighted by atomic mass is 16.4. The molecule has 14 heavy (non-hydrogen) atoms. The fraction of sp³-hybridized carbons (Fsp3) is 0.727. The van der Waals surface area contributed by atoms with Gasteiger partial charge < -0.3 is 10.2 Å². The maximum atomic E-state index is 10.7. The molecule has 0 aromatic heterocycles. The van der Waals surface area contributed by atoms with E-state index in [0.717, 1.165) is 19.3 Å². The fourth-order valence-corrected chi connectivity index (χ4v) is 1.48. The van der Waals surface area contributed by atoms with Crippen LogP contribution < -0.4 is 0 Å². The van der Waals surface area contributed by atoms with Gasteiger partial charge >= 0.3 is 5.97 Å². The summed E-state index contributed by atoms with van der Waals surface area (Å²) in [5, 5.41) is 18.2. The second-order valence-corrected chi connectivity index (χ2v) is 3.67. The summed E-state index contributed by atoms with van der Waals surface area (Å²) in [6.45, 7) is 7.20. The van der Waals surface area contributed by atoms with Gasteiger partial charge in [-0.3, -0.25) is 0 Å². The van der Waals surface area contributed by atoms with Crippen LogP contribution in [0.2, 0.25) is 0 Å². The SMILES string of the molecule is C=C(C(=O)O)C(CCCCC)C(C)O. The number of rotatable bonds is 7. The third-order valence-electron chi connectivity index (χ3n) is 2.42. The van der Waals surface area contributed by atoms with Gasteiger partial charge in [-0.15, -0.1) is 0 Å². The van der Waals surface area contributed by atoms with Crippen molar-refractivity contribution in [2.24, 2.45) is 5.92 Å². The number of carboxylic acid groups (broad SMARTS) is 1. The number of carbonyl (C=O) groups is 1. The van der Waals surface area contributed by atoms with Crippen LogP contribution in [0.4, 0.5) is 0 Å². The van der Waals surface area contributed by atoms with Crippen LogP contribution in [0.25, 0.3) is 0 Å². The Morgan fingerprint density at radius 3 is 2.36 bits per heavy atom. The maximum absolute atomic E-state index is 10.7. The molecule has 0 spiro atoms. The van der Waals surface area contributed by atoms with Gasteiger partial charge in [-0.05, 0) is 13.3 Å². The standard InChI is InChI=1S/C11H20O3/c1-4-5-6-7-10(9(3)12)8(2)11(13)14/h9-10,12H,2,4-7H2,1,3H3,(H,13,14). The van der Waals surface area contributed by atoms with E-state index in [0.29, 0.717) is 6.42 Å². The Kier molecular flexibility index (Phi) is 6.21. The summed E-state index contributed by atoms with van der Waals surface area (Å²) in [4.78, 5) is 10.7. The number of carboxylic acids is 1. The van der Waals surface area contributed by atoms with Crippen molar-refractivity contribution in [3.63, 3.8) is 0 Å². The van der Waals surface area contributed by atoms with Gasteiger partial charge in [-0.2, -0.15) is 0 Å². The fourth-order valence-electron chi connectivity index (χ4n) is 1.48. The van der Waals surface area contributed by atoms with Gasteiger partial charge in [0, 0.05) is 11.5 Å². The molecule has 0 amide bonds. The molecule has 2 N–H and O–H groups in total. The first kappa shape index (κ1) is 13.2. The molecule has 3 heteroatoms. The van der Waals surface area contributed by atoms with Gasteiger partial charge in [0.05, 0.1) is 6.10 Å². The van der Waals surface area contributed by atoms with E-state index in [-0.39, 0.29) is 11.5 Å². The van der Waals surface area contributed by atoms with Gasteiger partial charge in [0.25, 0.3) is 0 Å². The van der Waals surface area contributed by atoms with Crippen molar-refractivity contribution in [1.82, 2.24) is 0 Å². The number of hydrogen-bond acceptors (Lipinski definition) is 2. The third-order valence-corrected chi connectivity index (χ3v) is 2.42. The van der Waals surface area contributed by atoms with Gasteiger partial charge in [0.15, 0.2) is 0 Å². The Hall–Kier alpha value is -0.830. The van der Waals surface area contributed by atoms with Crippen molar-refractivity contribution in [2.75, 3.05) is 0 Å². The van der Waals surface area contributed by atoms with Crippen LogP contribution in [-0.2, 0) is 4.79 Å². The Labute approximate surface area is 85.4 Å². The minimum Gasteiger partial charge on any atom is -0.478 e. The lowest BCUT2D eigenvalue weighted by atomic mass is 9.89. The Bertz CT molecular complexity index is 197. The Morgan fingerprint density at radius 2 is 2.00 bits per heavy atom. The molecule has 0 fully saturated rings. The average molecular weight is 200 g/mol. The van der Waals surface area contributed by atoms with E-state index < -0.39 is 12.1 Å². The number of aliphatic hydroxyl groups is 1. The zero-order valence-electron chi connectivity index (χ0n) is 8.99. The van der Waals surface area contributed by atoms with Crippen molar-refractivity contribution < 1.29 is 15.0 Å². The number of hydrogen-bond donors (Lipinski definition) is 2. The Morgan fingerprint density at radius 1 is 1.43 bits per heavy atom. The zero-order chi connectivity index (χ0) is 11.1. The molecule has 0 rings (SSSR count). The first-order valence-electron chi connectivity index (χ1n) is 5.10. The maximum Gasteiger partial charge on any atom is 0.331 e. The normalized spacial score (nSPS) is 14.8. The molecule has 0 aliphatic heterocycles. The van der Waals surface area contributed by atoms with Crippen molar-refractivity contribution in [3.05, 3.63) is 12.2 Å². The van der Waals surface area contributed by atoms with Crippen LogP contribution >= 0.6 is 0 Å². The summed E-state index contributed by atoms with van der Waals surface area (Å²) in [5.41, 5.74) is 0.121. The van der Waals surface area contributed by atoms with Gasteiger partial charge in [0.2, 0.25) is 0 Å². The van der Waals surface area contributed by atoms with Crippen LogP contribution in [0.5, 0.6) is 0 Å². The van der Waals surface area contributed by atoms with E-state index in [1.54, 1.807) is 6.92 Å². The molecule has 2 unspecified atom stereocenters. The smallest absolute Gasteiger partial charge is 0.331 e. The van der Waals surface area contributed by atoms with Crippen molar-refractivity contribution in [2.45, 2.75) is 45.6 Å². The highest BCUT2D eigenvalue weighted by Crippen LogP contribution is 2.21. The van der Waals surface area contributed by atoms with E-state index in [1.165, 1.54) is 0 Å². The molecule has 0 aliphatic carbocycles. The molecule has 0 bridgehead atoms. The lowest BCUT2D eigenvalue weighted by Gasteiger charge is -2.19. The average Bonchev–Trinajstić information content (AvgIpc) is 2.10. The predicted octanol–water partition coefficient (Wildman–Crippen LogP) is 2.20. The number of aliphatic carboxylic acids is 1.